The van der Waals surface area contributed by atoms with Gasteiger partial charge in [-0.25, -0.2) is 19.0 Å². The van der Waals surface area contributed by atoms with Gasteiger partial charge in [-0.3, -0.25) is 10.1 Å². The Balaban J connectivity index is 2.13. The molecule has 1 aromatic carbocycles. The second-order valence-electron chi connectivity index (χ2n) is 10.8. The predicted molar refractivity (Wildman–Crippen MR) is 126 cm³/mol. The molecule has 1 saturated carbocycles. The molecule has 11 heteroatoms. The number of halogens is 1. The molecule has 1 aliphatic carbocycles. The van der Waals surface area contributed by atoms with Crippen LogP contribution in [0.2, 0.25) is 0 Å². The van der Waals surface area contributed by atoms with Crippen LogP contribution in [0.4, 0.5) is 19.7 Å². The lowest BCUT2D eigenvalue weighted by molar-refractivity contribution is -0.385. The van der Waals surface area contributed by atoms with Crippen molar-refractivity contribution in [2.24, 2.45) is 10.4 Å². The largest absolute Gasteiger partial charge is 0.443 e. The van der Waals surface area contributed by atoms with Crippen molar-refractivity contribution in [3.8, 4) is 0 Å². The summed E-state index contributed by atoms with van der Waals surface area (Å²) in [5, 5.41) is 11.4. The minimum Gasteiger partial charge on any atom is -0.443 e. The van der Waals surface area contributed by atoms with Crippen molar-refractivity contribution in [2.75, 3.05) is 5.75 Å². The van der Waals surface area contributed by atoms with E-state index in [0.29, 0.717) is 5.75 Å². The number of nitro benzene ring substituents is 1. The van der Waals surface area contributed by atoms with Crippen LogP contribution in [0.15, 0.2) is 23.2 Å². The number of carbonyl (C=O) groups excluding carboxylic acids is 2. The summed E-state index contributed by atoms with van der Waals surface area (Å²) in [6, 6.07) is 3.32. The van der Waals surface area contributed by atoms with E-state index in [1.807, 2.05) is 0 Å². The van der Waals surface area contributed by atoms with E-state index in [9.17, 15) is 19.7 Å². The van der Waals surface area contributed by atoms with E-state index >= 15 is 4.39 Å². The Bertz CT molecular complexity index is 1030. The topological polar surface area (TPSA) is 111 Å². The molecular weight excluding hydrogens is 465 g/mol. The molecule has 1 heterocycles. The Morgan fingerprint density at radius 1 is 1.12 bits per heavy atom. The van der Waals surface area contributed by atoms with E-state index in [4.69, 9.17) is 14.5 Å². The van der Waals surface area contributed by atoms with Crippen molar-refractivity contribution in [3.63, 3.8) is 0 Å². The number of benzene rings is 1. The molecule has 2 amide bonds. The van der Waals surface area contributed by atoms with E-state index < -0.39 is 45.1 Å². The summed E-state index contributed by atoms with van der Waals surface area (Å²) in [6.07, 6.45) is -0.481. The number of imide groups is 1. The number of hydrogen-bond acceptors (Lipinski definition) is 8. The van der Waals surface area contributed by atoms with Gasteiger partial charge in [0, 0.05) is 28.9 Å². The third-order valence-electron chi connectivity index (χ3n) is 5.71. The summed E-state index contributed by atoms with van der Waals surface area (Å²) >= 11 is 1.18. The molecule has 1 spiro atoms. The average Bonchev–Trinajstić information content (AvgIpc) is 3.43. The first-order valence-corrected chi connectivity index (χ1v) is 11.9. The highest BCUT2D eigenvalue weighted by Crippen LogP contribution is 2.64. The molecule has 0 unspecified atom stereocenters. The van der Waals surface area contributed by atoms with Crippen LogP contribution >= 0.6 is 11.8 Å². The maximum atomic E-state index is 15.0. The van der Waals surface area contributed by atoms with E-state index in [0.717, 1.165) is 29.9 Å². The van der Waals surface area contributed by atoms with Crippen molar-refractivity contribution in [3.05, 3.63) is 39.7 Å². The zero-order valence-corrected chi connectivity index (χ0v) is 21.2. The van der Waals surface area contributed by atoms with Crippen molar-refractivity contribution >= 4 is 34.8 Å². The van der Waals surface area contributed by atoms with E-state index in [2.05, 4.69) is 0 Å². The maximum absolute atomic E-state index is 15.0. The third-order valence-corrected chi connectivity index (χ3v) is 6.94. The van der Waals surface area contributed by atoms with Gasteiger partial charge < -0.3 is 9.47 Å². The zero-order valence-electron chi connectivity index (χ0n) is 20.4. The Hall–Kier alpha value is -2.69. The lowest BCUT2D eigenvalue weighted by atomic mass is 9.77. The normalized spacial score (nSPS) is 21.5. The molecule has 186 valence electrons. The van der Waals surface area contributed by atoms with Gasteiger partial charge in [-0.2, -0.15) is 4.90 Å². The van der Waals surface area contributed by atoms with E-state index in [-0.39, 0.29) is 16.4 Å². The number of nitro groups is 1. The molecule has 1 atom stereocenters. The summed E-state index contributed by atoms with van der Waals surface area (Å²) in [7, 11) is 0. The second-order valence-corrected chi connectivity index (χ2v) is 11.7. The van der Waals surface area contributed by atoms with Gasteiger partial charge in [-0.1, -0.05) is 11.8 Å². The Kier molecular flexibility index (Phi) is 6.49. The van der Waals surface area contributed by atoms with Crippen molar-refractivity contribution in [2.45, 2.75) is 78.0 Å². The molecule has 1 fully saturated rings. The van der Waals surface area contributed by atoms with Gasteiger partial charge >= 0.3 is 12.2 Å². The standard InChI is InChI=1S/C23H30FN3O6S/c1-20(2,3)32-18(28)26(19(29)33-21(4,5)6)17-25-22(7,23(10-11-23)13-34-17)15-12-14(27(30)31)8-9-16(15)24/h8-9,12H,10-11,13H2,1-7H3/t22-/m1/s1. The fourth-order valence-electron chi connectivity index (χ4n) is 3.77. The van der Waals surface area contributed by atoms with E-state index in [1.165, 1.54) is 17.8 Å². The molecule has 0 saturated heterocycles. The molecule has 0 N–H and O–H groups in total. The van der Waals surface area contributed by atoms with E-state index in [1.54, 1.807) is 48.5 Å². The first-order chi connectivity index (χ1) is 15.5. The first kappa shape index (κ1) is 25.9. The van der Waals surface area contributed by atoms with Gasteiger partial charge in [-0.15, -0.1) is 0 Å². The number of thioether (sulfide) groups is 1. The smallest absolute Gasteiger partial charge is 0.426 e. The molecular formula is C23H30FN3O6S. The van der Waals surface area contributed by atoms with Crippen LogP contribution < -0.4 is 0 Å². The number of non-ortho nitro benzene ring substituents is 1. The van der Waals surface area contributed by atoms with Gasteiger partial charge in [0.1, 0.15) is 17.0 Å². The molecule has 1 aliphatic heterocycles. The first-order valence-electron chi connectivity index (χ1n) is 10.9. The molecule has 2 aliphatic rings. The molecule has 0 aromatic heterocycles. The molecule has 0 bridgehead atoms. The van der Waals surface area contributed by atoms with Gasteiger partial charge in [0.05, 0.1) is 10.5 Å². The minimum atomic E-state index is -1.24. The van der Waals surface area contributed by atoms with Gasteiger partial charge in [-0.05, 0) is 67.4 Å². The average molecular weight is 496 g/mol. The summed E-state index contributed by atoms with van der Waals surface area (Å²) in [4.78, 5) is 42.3. The number of amides is 2. The SMILES string of the molecule is CC(C)(C)OC(=O)N(C(=O)OC(C)(C)C)C1=N[C@](C)(c2cc([N+](=O)[O-])ccc2F)C2(CC2)CS1. The number of rotatable bonds is 2. The number of nitrogens with zero attached hydrogens (tertiary/aromatic N) is 3. The van der Waals surface area contributed by atoms with Crippen LogP contribution in [-0.4, -0.2) is 44.1 Å². The van der Waals surface area contributed by atoms with Crippen LogP contribution in [0.1, 0.15) is 66.9 Å². The molecule has 0 radical (unpaired) electrons. The Morgan fingerprint density at radius 3 is 2.09 bits per heavy atom. The zero-order chi connectivity index (χ0) is 25.7. The summed E-state index contributed by atoms with van der Waals surface area (Å²) in [5.41, 5.74) is -3.71. The monoisotopic (exact) mass is 495 g/mol. The van der Waals surface area contributed by atoms with Gasteiger partial charge in [0.15, 0.2) is 5.17 Å². The van der Waals surface area contributed by atoms with Crippen LogP contribution in [0.25, 0.3) is 0 Å². The van der Waals surface area contributed by atoms with Crippen molar-refractivity contribution in [1.29, 1.82) is 0 Å². The fourth-order valence-corrected chi connectivity index (χ4v) is 5.27. The van der Waals surface area contributed by atoms with Crippen LogP contribution in [0, 0.1) is 21.3 Å². The molecule has 3 rings (SSSR count). The molecule has 34 heavy (non-hydrogen) atoms. The lowest BCUT2D eigenvalue weighted by Crippen LogP contribution is -2.49. The summed E-state index contributed by atoms with van der Waals surface area (Å²) in [5.74, 6) is -0.206. The Morgan fingerprint density at radius 2 is 1.65 bits per heavy atom. The van der Waals surface area contributed by atoms with Crippen LogP contribution in [0.3, 0.4) is 0 Å². The maximum Gasteiger partial charge on any atom is 0.426 e. The third kappa shape index (κ3) is 5.18. The predicted octanol–water partition coefficient (Wildman–Crippen LogP) is 6.00. The number of carbonyl (C=O) groups is 2. The van der Waals surface area contributed by atoms with Crippen LogP contribution in [0.5, 0.6) is 0 Å². The second kappa shape index (κ2) is 8.51. The minimum absolute atomic E-state index is 0.00516. The van der Waals surface area contributed by atoms with Gasteiger partial charge in [0.2, 0.25) is 0 Å². The number of aliphatic imine (C=N–C) groups is 1. The highest BCUT2D eigenvalue weighted by Gasteiger charge is 2.61. The molecule has 9 nitrogen and oxygen atoms in total. The summed E-state index contributed by atoms with van der Waals surface area (Å²) < 4.78 is 25.9. The van der Waals surface area contributed by atoms with Crippen molar-refractivity contribution < 1.29 is 28.4 Å². The fraction of sp³-hybridized carbons (Fsp3) is 0.609. The lowest BCUT2D eigenvalue weighted by Gasteiger charge is -2.41. The summed E-state index contributed by atoms with van der Waals surface area (Å²) in [6.45, 7) is 11.7. The van der Waals surface area contributed by atoms with Gasteiger partial charge in [0.25, 0.3) is 5.69 Å². The number of amidine groups is 1. The highest BCUT2D eigenvalue weighted by atomic mass is 32.2. The van der Waals surface area contributed by atoms with Crippen molar-refractivity contribution in [1.82, 2.24) is 4.90 Å². The quantitative estimate of drug-likeness (QED) is 0.365. The number of hydrogen-bond donors (Lipinski definition) is 0. The number of ether oxygens (including phenoxy) is 2. The highest BCUT2D eigenvalue weighted by molar-refractivity contribution is 8.14. The Labute approximate surface area is 202 Å². The molecule has 1 aromatic rings. The van der Waals surface area contributed by atoms with Crippen LogP contribution in [-0.2, 0) is 15.0 Å².